The van der Waals surface area contributed by atoms with E-state index in [0.717, 1.165) is 22.8 Å². The quantitative estimate of drug-likeness (QED) is 0.843. The van der Waals surface area contributed by atoms with Crippen LogP contribution in [0.2, 0.25) is 0 Å². The van der Waals surface area contributed by atoms with Gasteiger partial charge >= 0.3 is 0 Å². The van der Waals surface area contributed by atoms with Crippen molar-refractivity contribution in [1.29, 1.82) is 0 Å². The third kappa shape index (κ3) is 2.21. The molecule has 3 heterocycles. The van der Waals surface area contributed by atoms with Crippen LogP contribution in [0.3, 0.4) is 0 Å². The van der Waals surface area contributed by atoms with Crippen molar-refractivity contribution in [3.63, 3.8) is 0 Å². The van der Waals surface area contributed by atoms with Gasteiger partial charge in [0.15, 0.2) is 0 Å². The first-order valence-electron chi connectivity index (χ1n) is 6.11. The maximum atomic E-state index is 11.7. The Morgan fingerprint density at radius 3 is 2.89 bits per heavy atom. The van der Waals surface area contributed by atoms with Crippen molar-refractivity contribution in [2.45, 2.75) is 26.3 Å². The largest absolute Gasteiger partial charge is 0.464 e. The summed E-state index contributed by atoms with van der Waals surface area (Å²) in [5.41, 5.74) is 2.03. The van der Waals surface area contributed by atoms with Gasteiger partial charge in [-0.1, -0.05) is 0 Å². The second-order valence-electron chi connectivity index (χ2n) is 4.59. The fourth-order valence-corrected chi connectivity index (χ4v) is 2.92. The van der Waals surface area contributed by atoms with E-state index in [-0.39, 0.29) is 11.9 Å². The molecule has 1 aliphatic rings. The summed E-state index contributed by atoms with van der Waals surface area (Å²) >= 11 is 1.63. The highest BCUT2D eigenvalue weighted by Crippen LogP contribution is 2.33. The van der Waals surface area contributed by atoms with Crippen LogP contribution in [0.4, 0.5) is 0 Å². The summed E-state index contributed by atoms with van der Waals surface area (Å²) in [4.78, 5) is 11.7. The lowest BCUT2D eigenvalue weighted by atomic mass is 10.1. The Morgan fingerprint density at radius 1 is 1.47 bits per heavy atom. The molecule has 0 radical (unpaired) electrons. The molecule has 1 atom stereocenters. The van der Waals surface area contributed by atoms with Gasteiger partial charge in [-0.05, 0) is 35.9 Å². The van der Waals surface area contributed by atoms with Crippen molar-refractivity contribution in [2.75, 3.05) is 0 Å². The fraction of sp³-hybridized carbons (Fsp3) is 0.286. The van der Waals surface area contributed by atoms with Crippen LogP contribution < -0.4 is 0 Å². The molecule has 2 aromatic heterocycles. The van der Waals surface area contributed by atoms with Crippen molar-refractivity contribution < 1.29 is 9.21 Å². The lowest BCUT2D eigenvalue weighted by Gasteiger charge is -2.17. The molecule has 2 aromatic rings. The molecule has 0 fully saturated rings. The summed E-state index contributed by atoms with van der Waals surface area (Å²) in [5.74, 6) is 1.58. The van der Waals surface area contributed by atoms with Crippen molar-refractivity contribution in [3.05, 3.63) is 46.0 Å². The highest BCUT2D eigenvalue weighted by molar-refractivity contribution is 7.08. The lowest BCUT2D eigenvalue weighted by Crippen LogP contribution is -2.23. The maximum Gasteiger partial charge on any atom is 0.240 e. The average molecular weight is 274 g/mol. The molecular weight excluding hydrogens is 260 g/mol. The molecule has 0 N–H and O–H groups in total. The Hall–Kier alpha value is -1.88. The molecule has 98 valence electrons. The van der Waals surface area contributed by atoms with Crippen molar-refractivity contribution in [1.82, 2.24) is 5.01 Å². The van der Waals surface area contributed by atoms with Gasteiger partial charge in [0.2, 0.25) is 5.91 Å². The molecule has 0 aliphatic carbocycles. The van der Waals surface area contributed by atoms with Crippen LogP contribution in [-0.4, -0.2) is 16.6 Å². The molecule has 4 nitrogen and oxygen atoms in total. The van der Waals surface area contributed by atoms with E-state index in [2.05, 4.69) is 5.10 Å². The number of hydrazone groups is 1. The lowest BCUT2D eigenvalue weighted by molar-refractivity contribution is -0.130. The van der Waals surface area contributed by atoms with Gasteiger partial charge in [-0.3, -0.25) is 4.79 Å². The predicted octanol–water partition coefficient (Wildman–Crippen LogP) is 3.35. The third-order valence-corrected chi connectivity index (χ3v) is 3.86. The number of nitrogens with zero attached hydrogens (tertiary/aromatic N) is 2. The molecule has 1 aliphatic heterocycles. The monoisotopic (exact) mass is 274 g/mol. The topological polar surface area (TPSA) is 45.8 Å². The van der Waals surface area contributed by atoms with Crippen molar-refractivity contribution in [3.8, 4) is 0 Å². The molecule has 0 aromatic carbocycles. The molecule has 0 bridgehead atoms. The van der Waals surface area contributed by atoms with Crippen molar-refractivity contribution in [2.24, 2.45) is 5.10 Å². The highest BCUT2D eigenvalue weighted by atomic mass is 32.1. The number of hydrogen-bond donors (Lipinski definition) is 0. The second-order valence-corrected chi connectivity index (χ2v) is 5.37. The summed E-state index contributed by atoms with van der Waals surface area (Å²) in [6, 6.07) is 5.73. The predicted molar refractivity (Wildman–Crippen MR) is 74.2 cm³/mol. The van der Waals surface area contributed by atoms with E-state index in [9.17, 15) is 4.79 Å². The third-order valence-electron chi connectivity index (χ3n) is 3.18. The molecule has 0 saturated carbocycles. The number of amides is 1. The first-order chi connectivity index (χ1) is 9.15. The number of thiophene rings is 1. The standard InChI is InChI=1S/C14H14N2O2S/c1-9-3-4-14(18-9)13-7-12(11-5-6-19-8-11)15-16(13)10(2)17/h3-6,8,13H,7H2,1-2H3. The number of aryl methyl sites for hydroxylation is 1. The smallest absolute Gasteiger partial charge is 0.240 e. The minimum absolute atomic E-state index is 0.0655. The van der Waals surface area contributed by atoms with Crippen LogP contribution in [0.1, 0.15) is 36.5 Å². The first-order valence-corrected chi connectivity index (χ1v) is 7.05. The van der Waals surface area contributed by atoms with Gasteiger partial charge < -0.3 is 4.42 Å². The van der Waals surface area contributed by atoms with Crippen LogP contribution in [-0.2, 0) is 4.79 Å². The number of furan rings is 1. The van der Waals surface area contributed by atoms with Crippen LogP contribution in [0, 0.1) is 6.92 Å². The van der Waals surface area contributed by atoms with E-state index in [0.29, 0.717) is 6.42 Å². The van der Waals surface area contributed by atoms with Crippen LogP contribution >= 0.6 is 11.3 Å². The maximum absolute atomic E-state index is 11.7. The average Bonchev–Trinajstić information content (AvgIpc) is 3.07. The molecule has 3 rings (SSSR count). The summed E-state index contributed by atoms with van der Waals surface area (Å²) < 4.78 is 5.65. The van der Waals surface area contributed by atoms with E-state index in [4.69, 9.17) is 4.42 Å². The minimum Gasteiger partial charge on any atom is -0.464 e. The first kappa shape index (κ1) is 12.2. The van der Waals surface area contributed by atoms with Gasteiger partial charge in [-0.2, -0.15) is 16.4 Å². The summed E-state index contributed by atoms with van der Waals surface area (Å²) in [6.07, 6.45) is 0.698. The Bertz CT molecular complexity index is 628. The van der Waals surface area contributed by atoms with Gasteiger partial charge in [0, 0.05) is 18.9 Å². The number of hydrogen-bond acceptors (Lipinski definition) is 4. The number of carbonyl (C=O) groups is 1. The van der Waals surface area contributed by atoms with Crippen molar-refractivity contribution >= 4 is 23.0 Å². The zero-order chi connectivity index (χ0) is 13.4. The zero-order valence-electron chi connectivity index (χ0n) is 10.8. The van der Waals surface area contributed by atoms with Gasteiger partial charge in [0.05, 0.1) is 5.71 Å². The van der Waals surface area contributed by atoms with Gasteiger partial charge in [0.25, 0.3) is 0 Å². The summed E-state index contributed by atoms with van der Waals surface area (Å²) in [7, 11) is 0. The Kier molecular flexibility index (Phi) is 2.98. The SMILES string of the molecule is CC(=O)N1N=C(c2ccsc2)CC1c1ccc(C)o1. The second kappa shape index (κ2) is 4.66. The van der Waals surface area contributed by atoms with Crippen LogP contribution in [0.25, 0.3) is 0 Å². The van der Waals surface area contributed by atoms with E-state index in [1.54, 1.807) is 11.3 Å². The Balaban J connectivity index is 1.93. The van der Waals surface area contributed by atoms with E-state index >= 15 is 0 Å². The van der Waals surface area contributed by atoms with Crippen LogP contribution in [0.15, 0.2) is 38.5 Å². The van der Waals surface area contributed by atoms with Gasteiger partial charge in [0.1, 0.15) is 17.6 Å². The van der Waals surface area contributed by atoms with E-state index < -0.39 is 0 Å². The zero-order valence-corrected chi connectivity index (χ0v) is 11.6. The Labute approximate surface area is 115 Å². The molecular formula is C14H14N2O2S. The highest BCUT2D eigenvalue weighted by Gasteiger charge is 2.33. The Morgan fingerprint density at radius 2 is 2.32 bits per heavy atom. The number of rotatable bonds is 2. The minimum atomic E-state index is -0.124. The fourth-order valence-electron chi connectivity index (χ4n) is 2.26. The van der Waals surface area contributed by atoms with Gasteiger partial charge in [-0.15, -0.1) is 0 Å². The number of carbonyl (C=O) groups excluding carboxylic acids is 1. The van der Waals surface area contributed by atoms with E-state index in [1.165, 1.54) is 11.9 Å². The van der Waals surface area contributed by atoms with E-state index in [1.807, 2.05) is 35.9 Å². The molecule has 1 amide bonds. The van der Waals surface area contributed by atoms with Crippen LogP contribution in [0.5, 0.6) is 0 Å². The summed E-state index contributed by atoms with van der Waals surface area (Å²) in [5, 5.41) is 10.0. The molecule has 5 heteroatoms. The summed E-state index contributed by atoms with van der Waals surface area (Å²) in [6.45, 7) is 3.43. The normalized spacial score (nSPS) is 18.7. The molecule has 1 unspecified atom stereocenters. The molecule has 19 heavy (non-hydrogen) atoms. The molecule has 0 spiro atoms. The van der Waals surface area contributed by atoms with Gasteiger partial charge in [-0.25, -0.2) is 5.01 Å². The molecule has 0 saturated heterocycles.